The molecule has 0 aliphatic carbocycles. The highest BCUT2D eigenvalue weighted by molar-refractivity contribution is 5.51. The summed E-state index contributed by atoms with van der Waals surface area (Å²) in [5, 5.41) is 3.56. The highest BCUT2D eigenvalue weighted by Crippen LogP contribution is 2.27. The molecule has 0 spiro atoms. The van der Waals surface area contributed by atoms with Crippen LogP contribution in [0.2, 0.25) is 0 Å². The van der Waals surface area contributed by atoms with Crippen molar-refractivity contribution in [3.8, 4) is 0 Å². The van der Waals surface area contributed by atoms with Gasteiger partial charge in [-0.15, -0.1) is 0 Å². The number of anilines is 1. The molecule has 1 N–H and O–H groups in total. The van der Waals surface area contributed by atoms with E-state index in [-0.39, 0.29) is 5.54 Å². The summed E-state index contributed by atoms with van der Waals surface area (Å²) >= 11 is 0. The van der Waals surface area contributed by atoms with Gasteiger partial charge in [0.25, 0.3) is 0 Å². The van der Waals surface area contributed by atoms with Crippen molar-refractivity contribution in [3.63, 3.8) is 0 Å². The van der Waals surface area contributed by atoms with E-state index in [4.69, 9.17) is 0 Å². The molecule has 1 aromatic rings. The lowest BCUT2D eigenvalue weighted by Crippen LogP contribution is -2.49. The number of nitrogens with one attached hydrogen (secondary N) is 1. The second-order valence-electron chi connectivity index (χ2n) is 6.00. The zero-order valence-corrected chi connectivity index (χ0v) is 11.5. The third-order valence-corrected chi connectivity index (χ3v) is 3.59. The van der Waals surface area contributed by atoms with Crippen LogP contribution in [-0.2, 0) is 0 Å². The summed E-state index contributed by atoms with van der Waals surface area (Å²) in [6, 6.07) is 8.84. The zero-order valence-electron chi connectivity index (χ0n) is 11.5. The summed E-state index contributed by atoms with van der Waals surface area (Å²) in [6.07, 6.45) is 0. The minimum Gasteiger partial charge on any atom is -0.365 e. The number of rotatable bonds is 1. The molecule has 94 valence electrons. The SMILES string of the molecule is Cc1cccc(N2CC(C)CNCC2(C)C)c1. The molecule has 2 rings (SSSR count). The van der Waals surface area contributed by atoms with Gasteiger partial charge in [-0.25, -0.2) is 0 Å². The summed E-state index contributed by atoms with van der Waals surface area (Å²) in [5.74, 6) is 0.692. The van der Waals surface area contributed by atoms with Crippen LogP contribution in [0.3, 0.4) is 0 Å². The summed E-state index contributed by atoms with van der Waals surface area (Å²) in [4.78, 5) is 2.55. The Balaban J connectivity index is 2.32. The molecular weight excluding hydrogens is 208 g/mol. The fourth-order valence-electron chi connectivity index (χ4n) is 2.59. The molecule has 0 amide bonds. The Bertz CT molecular complexity index is 384. The van der Waals surface area contributed by atoms with Crippen molar-refractivity contribution in [1.29, 1.82) is 0 Å². The first kappa shape index (κ1) is 12.4. The van der Waals surface area contributed by atoms with E-state index in [1.807, 2.05) is 0 Å². The van der Waals surface area contributed by atoms with E-state index < -0.39 is 0 Å². The molecule has 1 saturated heterocycles. The van der Waals surface area contributed by atoms with E-state index in [2.05, 4.69) is 62.2 Å². The first-order valence-electron chi connectivity index (χ1n) is 6.54. The minimum absolute atomic E-state index is 0.179. The average molecular weight is 232 g/mol. The Morgan fingerprint density at radius 1 is 1.35 bits per heavy atom. The molecule has 1 fully saturated rings. The van der Waals surface area contributed by atoms with E-state index in [9.17, 15) is 0 Å². The number of nitrogens with zero attached hydrogens (tertiary/aromatic N) is 1. The topological polar surface area (TPSA) is 15.3 Å². The normalized spacial score (nSPS) is 24.5. The van der Waals surface area contributed by atoms with Crippen LogP contribution in [0, 0.1) is 12.8 Å². The van der Waals surface area contributed by atoms with Crippen molar-refractivity contribution in [1.82, 2.24) is 5.32 Å². The van der Waals surface area contributed by atoms with Crippen LogP contribution in [0.25, 0.3) is 0 Å². The lowest BCUT2D eigenvalue weighted by atomic mass is 10.0. The predicted molar refractivity (Wildman–Crippen MR) is 74.6 cm³/mol. The Labute approximate surface area is 105 Å². The Morgan fingerprint density at radius 2 is 2.12 bits per heavy atom. The first-order chi connectivity index (χ1) is 7.99. The highest BCUT2D eigenvalue weighted by Gasteiger charge is 2.30. The third-order valence-electron chi connectivity index (χ3n) is 3.59. The van der Waals surface area contributed by atoms with Crippen LogP contribution in [0.15, 0.2) is 24.3 Å². The molecule has 0 saturated carbocycles. The van der Waals surface area contributed by atoms with E-state index >= 15 is 0 Å². The molecule has 1 aliphatic rings. The van der Waals surface area contributed by atoms with Gasteiger partial charge in [-0.05, 0) is 50.9 Å². The fourth-order valence-corrected chi connectivity index (χ4v) is 2.59. The molecule has 1 unspecified atom stereocenters. The van der Waals surface area contributed by atoms with Crippen LogP contribution in [0.4, 0.5) is 5.69 Å². The van der Waals surface area contributed by atoms with E-state index in [1.54, 1.807) is 0 Å². The standard InChI is InChI=1S/C15H24N2/c1-12-6-5-7-14(8-12)17-10-13(2)9-16-11-15(17,3)4/h5-8,13,16H,9-11H2,1-4H3. The van der Waals surface area contributed by atoms with Crippen molar-refractivity contribution in [3.05, 3.63) is 29.8 Å². The quantitative estimate of drug-likeness (QED) is 0.801. The molecular formula is C15H24N2. The molecule has 1 heterocycles. The summed E-state index contributed by atoms with van der Waals surface area (Å²) in [7, 11) is 0. The van der Waals surface area contributed by atoms with Crippen molar-refractivity contribution < 1.29 is 0 Å². The van der Waals surface area contributed by atoms with Gasteiger partial charge in [0.15, 0.2) is 0 Å². The average Bonchev–Trinajstić information content (AvgIpc) is 2.37. The van der Waals surface area contributed by atoms with E-state index in [0.29, 0.717) is 5.92 Å². The van der Waals surface area contributed by atoms with Crippen molar-refractivity contribution >= 4 is 5.69 Å². The molecule has 0 bridgehead atoms. The summed E-state index contributed by atoms with van der Waals surface area (Å²) in [5.41, 5.74) is 2.87. The lowest BCUT2D eigenvalue weighted by Gasteiger charge is -2.39. The number of benzene rings is 1. The number of hydrogen-bond donors (Lipinski definition) is 1. The molecule has 0 radical (unpaired) electrons. The molecule has 1 aliphatic heterocycles. The van der Waals surface area contributed by atoms with Gasteiger partial charge in [0.2, 0.25) is 0 Å². The Morgan fingerprint density at radius 3 is 2.82 bits per heavy atom. The van der Waals surface area contributed by atoms with Gasteiger partial charge < -0.3 is 10.2 Å². The molecule has 2 nitrogen and oxygen atoms in total. The van der Waals surface area contributed by atoms with Crippen LogP contribution in [-0.4, -0.2) is 25.2 Å². The van der Waals surface area contributed by atoms with Crippen LogP contribution in [0.5, 0.6) is 0 Å². The lowest BCUT2D eigenvalue weighted by molar-refractivity contribution is 0.460. The third kappa shape index (κ3) is 2.81. The van der Waals surface area contributed by atoms with Gasteiger partial charge >= 0.3 is 0 Å². The van der Waals surface area contributed by atoms with Crippen LogP contribution in [0.1, 0.15) is 26.3 Å². The van der Waals surface area contributed by atoms with E-state index in [0.717, 1.165) is 19.6 Å². The zero-order chi connectivity index (χ0) is 12.5. The van der Waals surface area contributed by atoms with Gasteiger partial charge in [0.1, 0.15) is 0 Å². The van der Waals surface area contributed by atoms with Gasteiger partial charge in [0.05, 0.1) is 0 Å². The molecule has 2 heteroatoms. The monoisotopic (exact) mass is 232 g/mol. The highest BCUT2D eigenvalue weighted by atomic mass is 15.2. The largest absolute Gasteiger partial charge is 0.365 e. The second kappa shape index (κ2) is 4.69. The summed E-state index contributed by atoms with van der Waals surface area (Å²) < 4.78 is 0. The fraction of sp³-hybridized carbons (Fsp3) is 0.600. The van der Waals surface area contributed by atoms with Gasteiger partial charge in [-0.3, -0.25) is 0 Å². The Hall–Kier alpha value is -1.02. The number of hydrogen-bond acceptors (Lipinski definition) is 2. The smallest absolute Gasteiger partial charge is 0.0470 e. The molecule has 1 atom stereocenters. The van der Waals surface area contributed by atoms with Crippen molar-refractivity contribution in [2.24, 2.45) is 5.92 Å². The molecule has 17 heavy (non-hydrogen) atoms. The van der Waals surface area contributed by atoms with Gasteiger partial charge in [-0.2, -0.15) is 0 Å². The Kier molecular flexibility index (Phi) is 3.43. The van der Waals surface area contributed by atoms with E-state index in [1.165, 1.54) is 11.3 Å². The second-order valence-corrected chi connectivity index (χ2v) is 6.00. The predicted octanol–water partition coefficient (Wildman–Crippen LogP) is 2.82. The maximum Gasteiger partial charge on any atom is 0.0470 e. The van der Waals surface area contributed by atoms with Gasteiger partial charge in [-0.1, -0.05) is 19.1 Å². The number of aryl methyl sites for hydroxylation is 1. The maximum atomic E-state index is 3.56. The minimum atomic E-state index is 0.179. The van der Waals surface area contributed by atoms with Crippen LogP contribution < -0.4 is 10.2 Å². The summed E-state index contributed by atoms with van der Waals surface area (Å²) in [6.45, 7) is 12.4. The van der Waals surface area contributed by atoms with Crippen LogP contribution >= 0.6 is 0 Å². The maximum absolute atomic E-state index is 3.56. The first-order valence-corrected chi connectivity index (χ1v) is 6.54. The molecule has 1 aromatic carbocycles. The van der Waals surface area contributed by atoms with Gasteiger partial charge in [0, 0.05) is 24.3 Å². The van der Waals surface area contributed by atoms with Crippen molar-refractivity contribution in [2.75, 3.05) is 24.5 Å². The van der Waals surface area contributed by atoms with Crippen molar-refractivity contribution in [2.45, 2.75) is 33.2 Å². The molecule has 0 aromatic heterocycles.